The van der Waals surface area contributed by atoms with Crippen LogP contribution in [0.5, 0.6) is 23.0 Å². The van der Waals surface area contributed by atoms with Crippen molar-refractivity contribution in [1.29, 1.82) is 0 Å². The van der Waals surface area contributed by atoms with Crippen molar-refractivity contribution in [3.8, 4) is 23.0 Å². The van der Waals surface area contributed by atoms with Gasteiger partial charge in [0.05, 0.1) is 0 Å². The first-order valence-corrected chi connectivity index (χ1v) is 9.73. The number of carbonyl (C=O) groups is 1. The predicted octanol–water partition coefficient (Wildman–Crippen LogP) is 3.47. The van der Waals surface area contributed by atoms with E-state index in [-0.39, 0.29) is 44.8 Å². The van der Waals surface area contributed by atoms with Crippen molar-refractivity contribution >= 4 is 22.0 Å². The van der Waals surface area contributed by atoms with E-state index < -0.39 is 10.1 Å². The van der Waals surface area contributed by atoms with Crippen LogP contribution >= 0.6 is 0 Å². The molecule has 3 N–H and O–H groups in total. The Balaban J connectivity index is 1.72. The van der Waals surface area contributed by atoms with Crippen LogP contribution in [-0.4, -0.2) is 29.5 Å². The van der Waals surface area contributed by atoms with Crippen LogP contribution in [0.3, 0.4) is 0 Å². The minimum Gasteiger partial charge on any atom is -0.508 e. The molecule has 0 spiro atoms. The fourth-order valence-corrected chi connectivity index (χ4v) is 3.33. The van der Waals surface area contributed by atoms with Crippen LogP contribution in [0.2, 0.25) is 0 Å². The molecule has 0 aliphatic heterocycles. The van der Waals surface area contributed by atoms with Crippen molar-refractivity contribution in [3.05, 3.63) is 83.9 Å². The molecule has 0 radical (unpaired) electrons. The molecule has 0 aromatic heterocycles. The zero-order valence-electron chi connectivity index (χ0n) is 14.9. The monoisotopic (exact) mass is 412 g/mol. The molecule has 0 aliphatic rings. The van der Waals surface area contributed by atoms with Crippen molar-refractivity contribution in [2.45, 2.75) is 4.90 Å². The van der Waals surface area contributed by atoms with Crippen LogP contribution < -0.4 is 4.18 Å². The highest BCUT2D eigenvalue weighted by molar-refractivity contribution is 7.87. The fraction of sp³-hybridized carbons (Fsp3) is 0. The van der Waals surface area contributed by atoms with E-state index in [0.717, 1.165) is 0 Å². The summed E-state index contributed by atoms with van der Waals surface area (Å²) < 4.78 is 29.5. The van der Waals surface area contributed by atoms with Crippen molar-refractivity contribution in [2.75, 3.05) is 0 Å². The molecule has 29 heavy (non-hydrogen) atoms. The van der Waals surface area contributed by atoms with Crippen LogP contribution in [0.1, 0.15) is 15.9 Å². The Hall–Kier alpha value is -3.78. The van der Waals surface area contributed by atoms with Gasteiger partial charge in [0.1, 0.15) is 27.9 Å². The Morgan fingerprint density at radius 3 is 2.10 bits per heavy atom. The number of ketones is 1. The van der Waals surface area contributed by atoms with E-state index in [1.54, 1.807) is 0 Å². The van der Waals surface area contributed by atoms with E-state index >= 15 is 0 Å². The molecule has 148 valence electrons. The van der Waals surface area contributed by atoms with E-state index in [1.165, 1.54) is 78.9 Å². The van der Waals surface area contributed by atoms with E-state index in [4.69, 9.17) is 4.18 Å². The number of carbonyl (C=O) groups excluding carboxylic acids is 1. The number of hydrogen-bond donors (Lipinski definition) is 3. The third-order valence-electron chi connectivity index (χ3n) is 3.90. The molecule has 0 heterocycles. The highest BCUT2D eigenvalue weighted by Crippen LogP contribution is 2.24. The zero-order valence-corrected chi connectivity index (χ0v) is 15.7. The number of hydrogen-bond acceptors (Lipinski definition) is 7. The Kier molecular flexibility index (Phi) is 5.56. The number of rotatable bonds is 6. The Labute approximate surface area is 166 Å². The maximum Gasteiger partial charge on any atom is 0.339 e. The van der Waals surface area contributed by atoms with Gasteiger partial charge in [-0.3, -0.25) is 4.79 Å². The zero-order chi connectivity index (χ0) is 21.0. The Morgan fingerprint density at radius 2 is 1.45 bits per heavy atom. The molecule has 3 aromatic carbocycles. The number of aromatic hydroxyl groups is 3. The lowest BCUT2D eigenvalue weighted by Gasteiger charge is -2.07. The molecule has 0 unspecified atom stereocenters. The third-order valence-corrected chi connectivity index (χ3v) is 5.16. The summed E-state index contributed by atoms with van der Waals surface area (Å²) in [5.41, 5.74) is 0.550. The topological polar surface area (TPSA) is 121 Å². The maximum atomic E-state index is 12.3. The fourth-order valence-electron chi connectivity index (χ4n) is 2.40. The van der Waals surface area contributed by atoms with Gasteiger partial charge in [-0.25, -0.2) is 0 Å². The molecule has 0 bridgehead atoms. The molecule has 3 aromatic rings. The quantitative estimate of drug-likeness (QED) is 0.245. The average Bonchev–Trinajstić information content (AvgIpc) is 2.69. The number of benzene rings is 3. The minimum atomic E-state index is -4.08. The van der Waals surface area contributed by atoms with Gasteiger partial charge in [-0.1, -0.05) is 0 Å². The largest absolute Gasteiger partial charge is 0.508 e. The summed E-state index contributed by atoms with van der Waals surface area (Å²) in [6.07, 6.45) is 2.58. The average molecular weight is 412 g/mol. The molecule has 3 rings (SSSR count). The smallest absolute Gasteiger partial charge is 0.339 e. The summed E-state index contributed by atoms with van der Waals surface area (Å²) >= 11 is 0. The van der Waals surface area contributed by atoms with Crippen LogP contribution in [0.15, 0.2) is 77.7 Å². The summed E-state index contributed by atoms with van der Waals surface area (Å²) in [6.45, 7) is 0. The van der Waals surface area contributed by atoms with Gasteiger partial charge >= 0.3 is 10.1 Å². The van der Waals surface area contributed by atoms with Crippen LogP contribution in [0.25, 0.3) is 6.08 Å². The molecule has 0 fully saturated rings. The van der Waals surface area contributed by atoms with Crippen molar-refractivity contribution in [1.82, 2.24) is 0 Å². The van der Waals surface area contributed by atoms with Crippen molar-refractivity contribution < 1.29 is 32.7 Å². The van der Waals surface area contributed by atoms with Gasteiger partial charge < -0.3 is 19.5 Å². The summed E-state index contributed by atoms with van der Waals surface area (Å²) in [5.74, 6) is -0.579. The van der Waals surface area contributed by atoms with Gasteiger partial charge in [0.25, 0.3) is 0 Å². The molecule has 8 heteroatoms. The molecular weight excluding hydrogens is 396 g/mol. The lowest BCUT2D eigenvalue weighted by Crippen LogP contribution is -2.09. The summed E-state index contributed by atoms with van der Waals surface area (Å²) in [4.78, 5) is 12.1. The van der Waals surface area contributed by atoms with Gasteiger partial charge in [-0.2, -0.15) is 8.42 Å². The standard InChI is InChI=1S/C21H16O7S/c22-16-4-9-19(10-5-16)29(26,27)28-18-7-1-14(2-8-18)20(24)11-3-15-13-17(23)6-12-21(15)25/h1-13,22-23,25H/b11-3+. The van der Waals surface area contributed by atoms with Crippen molar-refractivity contribution in [3.63, 3.8) is 0 Å². The van der Waals surface area contributed by atoms with E-state index in [1.807, 2.05) is 0 Å². The number of phenols is 3. The first-order chi connectivity index (χ1) is 13.7. The van der Waals surface area contributed by atoms with Gasteiger partial charge in [0.15, 0.2) is 5.78 Å². The predicted molar refractivity (Wildman–Crippen MR) is 105 cm³/mol. The van der Waals surface area contributed by atoms with Crippen molar-refractivity contribution in [2.24, 2.45) is 0 Å². The lowest BCUT2D eigenvalue weighted by molar-refractivity contribution is 0.104. The highest BCUT2D eigenvalue weighted by Gasteiger charge is 2.16. The summed E-state index contributed by atoms with van der Waals surface area (Å²) in [7, 11) is -4.08. The van der Waals surface area contributed by atoms with Crippen LogP contribution in [0.4, 0.5) is 0 Å². The minimum absolute atomic E-state index is 0.0178. The van der Waals surface area contributed by atoms with E-state index in [0.29, 0.717) is 0 Å². The van der Waals surface area contributed by atoms with Gasteiger partial charge in [-0.15, -0.1) is 0 Å². The normalized spacial score (nSPS) is 11.4. The molecule has 7 nitrogen and oxygen atoms in total. The molecule has 0 atom stereocenters. The van der Waals surface area contributed by atoms with Gasteiger partial charge in [0, 0.05) is 11.1 Å². The second-order valence-corrected chi connectivity index (χ2v) is 7.54. The van der Waals surface area contributed by atoms with Gasteiger partial charge in [-0.05, 0) is 78.9 Å². The van der Waals surface area contributed by atoms with E-state index in [2.05, 4.69) is 0 Å². The molecule has 0 aliphatic carbocycles. The lowest BCUT2D eigenvalue weighted by atomic mass is 10.1. The second-order valence-electron chi connectivity index (χ2n) is 6.00. The summed E-state index contributed by atoms with van der Waals surface area (Å²) in [6, 6.07) is 14.3. The summed E-state index contributed by atoms with van der Waals surface area (Å²) in [5, 5.41) is 28.4. The first-order valence-electron chi connectivity index (χ1n) is 8.32. The third kappa shape index (κ3) is 4.94. The molecule has 0 saturated carbocycles. The Bertz CT molecular complexity index is 1160. The highest BCUT2D eigenvalue weighted by atomic mass is 32.2. The van der Waals surface area contributed by atoms with Crippen LogP contribution in [0, 0.1) is 0 Å². The number of allylic oxidation sites excluding steroid dienone is 1. The van der Waals surface area contributed by atoms with E-state index in [9.17, 15) is 28.5 Å². The molecule has 0 saturated heterocycles. The maximum absolute atomic E-state index is 12.3. The Morgan fingerprint density at radius 1 is 0.828 bits per heavy atom. The number of phenolic OH excluding ortho intramolecular Hbond substituents is 3. The van der Waals surface area contributed by atoms with Crippen LogP contribution in [-0.2, 0) is 10.1 Å². The first kappa shape index (κ1) is 20.0. The van der Waals surface area contributed by atoms with Gasteiger partial charge in [0.2, 0.25) is 0 Å². The molecular formula is C21H16O7S. The second kappa shape index (κ2) is 8.07. The molecule has 0 amide bonds. The SMILES string of the molecule is O=C(/C=C/c1cc(O)ccc1O)c1ccc(OS(=O)(=O)c2ccc(O)cc2)cc1.